The van der Waals surface area contributed by atoms with Crippen LogP contribution in [0, 0.1) is 11.8 Å². The van der Waals surface area contributed by atoms with E-state index >= 15 is 0 Å². The van der Waals surface area contributed by atoms with Crippen LogP contribution >= 0.6 is 0 Å². The number of aliphatic hydroxyl groups is 1. The second-order valence-electron chi connectivity index (χ2n) is 6.88. The topological polar surface area (TPSA) is 20.2 Å². The highest BCUT2D eigenvalue weighted by Gasteiger charge is 2.41. The van der Waals surface area contributed by atoms with E-state index in [1.807, 2.05) is 0 Å². The van der Waals surface area contributed by atoms with Crippen molar-refractivity contribution in [3.8, 4) is 0 Å². The molecule has 0 aliphatic heterocycles. The maximum absolute atomic E-state index is 11.3. The Balaban J connectivity index is 2.25. The van der Waals surface area contributed by atoms with Crippen LogP contribution < -0.4 is 0 Å². The molecular formula is C20H32O. The average Bonchev–Trinajstić information content (AvgIpc) is 2.57. The summed E-state index contributed by atoms with van der Waals surface area (Å²) in [7, 11) is 0. The van der Waals surface area contributed by atoms with Crippen LogP contribution in [0.4, 0.5) is 0 Å². The first-order valence-corrected chi connectivity index (χ1v) is 8.91. The van der Waals surface area contributed by atoms with Gasteiger partial charge in [-0.1, -0.05) is 70.4 Å². The molecule has 1 saturated carbocycles. The summed E-state index contributed by atoms with van der Waals surface area (Å²) in [5.41, 5.74) is 1.25. The summed E-state index contributed by atoms with van der Waals surface area (Å²) in [4.78, 5) is 0. The predicted molar refractivity (Wildman–Crippen MR) is 90.4 cm³/mol. The van der Waals surface area contributed by atoms with Crippen LogP contribution in [0.15, 0.2) is 30.3 Å². The highest BCUT2D eigenvalue weighted by molar-refractivity contribution is 5.27. The summed E-state index contributed by atoms with van der Waals surface area (Å²) in [6, 6.07) is 10.7. The van der Waals surface area contributed by atoms with E-state index in [-0.39, 0.29) is 11.5 Å². The average molecular weight is 288 g/mol. The largest absolute Gasteiger partial charge is 0.392 e. The zero-order chi connectivity index (χ0) is 15.3. The van der Waals surface area contributed by atoms with E-state index in [9.17, 15) is 5.11 Å². The number of benzene rings is 1. The molecule has 0 radical (unpaired) electrons. The third-order valence-corrected chi connectivity index (χ3v) is 6.02. The van der Waals surface area contributed by atoms with Gasteiger partial charge >= 0.3 is 0 Å². The fourth-order valence-electron chi connectivity index (χ4n) is 4.46. The molecule has 2 rings (SSSR count). The van der Waals surface area contributed by atoms with Crippen molar-refractivity contribution in [2.24, 2.45) is 11.8 Å². The molecule has 1 aliphatic rings. The van der Waals surface area contributed by atoms with Crippen LogP contribution in [-0.4, -0.2) is 11.2 Å². The van der Waals surface area contributed by atoms with Gasteiger partial charge in [0.1, 0.15) is 0 Å². The molecule has 0 saturated heterocycles. The van der Waals surface area contributed by atoms with Crippen LogP contribution in [0.3, 0.4) is 0 Å². The van der Waals surface area contributed by atoms with Gasteiger partial charge in [0.05, 0.1) is 6.10 Å². The monoisotopic (exact) mass is 288 g/mol. The van der Waals surface area contributed by atoms with E-state index < -0.39 is 0 Å². The summed E-state index contributed by atoms with van der Waals surface area (Å²) in [5, 5.41) is 11.3. The van der Waals surface area contributed by atoms with Gasteiger partial charge in [-0.05, 0) is 43.1 Å². The third kappa shape index (κ3) is 3.34. The molecule has 0 bridgehead atoms. The predicted octanol–water partition coefficient (Wildman–Crippen LogP) is 5.32. The standard InChI is InChI=1S/C20H32O/c1-4-16-11-10-12-17(15-16)19(21)20(5-2,6-3)18-13-8-7-9-14-18/h7-9,13-14,16-17,19,21H,4-6,10-12,15H2,1-3H3. The van der Waals surface area contributed by atoms with Crippen molar-refractivity contribution in [1.29, 1.82) is 0 Å². The van der Waals surface area contributed by atoms with Gasteiger partial charge in [0.2, 0.25) is 0 Å². The molecule has 0 amide bonds. The number of aliphatic hydroxyl groups excluding tert-OH is 1. The molecule has 0 spiro atoms. The van der Waals surface area contributed by atoms with Crippen molar-refractivity contribution in [3.05, 3.63) is 35.9 Å². The minimum absolute atomic E-state index is 0.0679. The highest BCUT2D eigenvalue weighted by atomic mass is 16.3. The fourth-order valence-corrected chi connectivity index (χ4v) is 4.46. The van der Waals surface area contributed by atoms with Crippen LogP contribution in [0.1, 0.15) is 71.3 Å². The van der Waals surface area contributed by atoms with E-state index in [1.54, 1.807) is 0 Å². The van der Waals surface area contributed by atoms with Crippen LogP contribution in [0.2, 0.25) is 0 Å². The number of hydrogen-bond acceptors (Lipinski definition) is 1. The van der Waals surface area contributed by atoms with Crippen molar-refractivity contribution in [3.63, 3.8) is 0 Å². The maximum atomic E-state index is 11.3. The van der Waals surface area contributed by atoms with E-state index in [4.69, 9.17) is 0 Å². The first kappa shape index (κ1) is 16.5. The Morgan fingerprint density at radius 2 is 1.76 bits per heavy atom. The summed E-state index contributed by atoms with van der Waals surface area (Å²) < 4.78 is 0. The highest BCUT2D eigenvalue weighted by Crippen LogP contribution is 2.43. The summed E-state index contributed by atoms with van der Waals surface area (Å²) >= 11 is 0. The molecule has 0 heterocycles. The summed E-state index contributed by atoms with van der Waals surface area (Å²) in [5.74, 6) is 1.30. The molecule has 1 nitrogen and oxygen atoms in total. The van der Waals surface area contributed by atoms with E-state index in [0.29, 0.717) is 5.92 Å². The van der Waals surface area contributed by atoms with Gasteiger partial charge in [-0.3, -0.25) is 0 Å². The van der Waals surface area contributed by atoms with E-state index in [1.165, 1.54) is 37.7 Å². The lowest BCUT2D eigenvalue weighted by molar-refractivity contribution is -0.00188. The molecule has 1 fully saturated rings. The van der Waals surface area contributed by atoms with Crippen LogP contribution in [0.5, 0.6) is 0 Å². The van der Waals surface area contributed by atoms with Gasteiger partial charge in [-0.25, -0.2) is 0 Å². The lowest BCUT2D eigenvalue weighted by atomic mass is 9.64. The molecule has 1 aliphatic carbocycles. The lowest BCUT2D eigenvalue weighted by Gasteiger charge is -2.43. The maximum Gasteiger partial charge on any atom is 0.0664 e. The van der Waals surface area contributed by atoms with Crippen molar-refractivity contribution >= 4 is 0 Å². The number of rotatable bonds is 6. The van der Waals surface area contributed by atoms with Crippen molar-refractivity contribution in [2.75, 3.05) is 0 Å². The first-order valence-electron chi connectivity index (χ1n) is 8.91. The Hall–Kier alpha value is -0.820. The molecule has 1 aromatic carbocycles. The minimum Gasteiger partial charge on any atom is -0.392 e. The molecule has 1 aromatic rings. The van der Waals surface area contributed by atoms with E-state index in [0.717, 1.165) is 18.8 Å². The first-order chi connectivity index (χ1) is 10.2. The second kappa shape index (κ2) is 7.45. The van der Waals surface area contributed by atoms with Gasteiger partial charge < -0.3 is 5.11 Å². The smallest absolute Gasteiger partial charge is 0.0664 e. The quantitative estimate of drug-likeness (QED) is 0.751. The minimum atomic E-state index is -0.204. The van der Waals surface area contributed by atoms with E-state index in [2.05, 4.69) is 51.1 Å². The van der Waals surface area contributed by atoms with Crippen molar-refractivity contribution in [1.82, 2.24) is 0 Å². The molecule has 118 valence electrons. The Bertz CT molecular complexity index is 407. The van der Waals surface area contributed by atoms with Crippen molar-refractivity contribution < 1.29 is 5.11 Å². The molecule has 21 heavy (non-hydrogen) atoms. The molecular weight excluding hydrogens is 256 g/mol. The third-order valence-electron chi connectivity index (χ3n) is 6.02. The summed E-state index contributed by atoms with van der Waals surface area (Å²) in [6.07, 6.45) is 8.15. The van der Waals surface area contributed by atoms with Gasteiger partial charge in [0.15, 0.2) is 0 Å². The second-order valence-corrected chi connectivity index (χ2v) is 6.88. The van der Waals surface area contributed by atoms with Gasteiger partial charge in [0, 0.05) is 5.41 Å². The lowest BCUT2D eigenvalue weighted by Crippen LogP contribution is -2.44. The van der Waals surface area contributed by atoms with Gasteiger partial charge in [-0.15, -0.1) is 0 Å². The zero-order valence-electron chi connectivity index (χ0n) is 14.0. The van der Waals surface area contributed by atoms with Crippen LogP contribution in [-0.2, 0) is 5.41 Å². The zero-order valence-corrected chi connectivity index (χ0v) is 14.0. The Morgan fingerprint density at radius 1 is 1.10 bits per heavy atom. The normalized spacial score (nSPS) is 24.8. The summed E-state index contributed by atoms with van der Waals surface area (Å²) in [6.45, 7) is 6.77. The molecule has 0 aromatic heterocycles. The Kier molecular flexibility index (Phi) is 5.87. The SMILES string of the molecule is CCC1CCCC(C(O)C(CC)(CC)c2ccccc2)C1. The fraction of sp³-hybridized carbons (Fsp3) is 0.700. The Morgan fingerprint density at radius 3 is 2.33 bits per heavy atom. The van der Waals surface area contributed by atoms with Gasteiger partial charge in [-0.2, -0.15) is 0 Å². The molecule has 1 N–H and O–H groups in total. The Labute approximate surface area is 130 Å². The molecule has 1 heteroatoms. The molecule has 3 unspecified atom stereocenters. The van der Waals surface area contributed by atoms with Crippen molar-refractivity contribution in [2.45, 2.75) is 77.2 Å². The number of hydrogen-bond donors (Lipinski definition) is 1. The molecule has 3 atom stereocenters. The van der Waals surface area contributed by atoms with Gasteiger partial charge in [0.25, 0.3) is 0 Å². The van der Waals surface area contributed by atoms with Crippen LogP contribution in [0.25, 0.3) is 0 Å².